The van der Waals surface area contributed by atoms with Crippen molar-refractivity contribution in [3.8, 4) is 0 Å². The van der Waals surface area contributed by atoms with Crippen LogP contribution in [-0.2, 0) is 33.3 Å². The molecule has 5 atom stereocenters. The van der Waals surface area contributed by atoms with Crippen molar-refractivity contribution in [3.05, 3.63) is 12.2 Å². The van der Waals surface area contributed by atoms with E-state index in [2.05, 4.69) is 6.58 Å². The minimum Gasteiger partial charge on any atom is -0.454 e. The molecule has 0 N–H and O–H groups in total. The Morgan fingerprint density at radius 2 is 1.83 bits per heavy atom. The molecule has 4 aliphatic rings. The molecule has 4 fully saturated rings. The zero-order valence-electron chi connectivity index (χ0n) is 14.3. The molecule has 7 nitrogen and oxygen atoms in total. The van der Waals surface area contributed by atoms with Crippen LogP contribution in [0.25, 0.3) is 0 Å². The van der Waals surface area contributed by atoms with Gasteiger partial charge in [0.2, 0.25) is 6.10 Å². The van der Waals surface area contributed by atoms with Gasteiger partial charge in [-0.1, -0.05) is 20.4 Å². The lowest BCUT2D eigenvalue weighted by Gasteiger charge is -2.25. The van der Waals surface area contributed by atoms with Crippen LogP contribution in [0, 0.1) is 0 Å². The van der Waals surface area contributed by atoms with Gasteiger partial charge in [-0.3, -0.25) is 0 Å². The van der Waals surface area contributed by atoms with Crippen LogP contribution in [0.3, 0.4) is 0 Å². The third-order valence-corrected chi connectivity index (χ3v) is 4.62. The first kappa shape index (κ1) is 17.4. The molecule has 0 radical (unpaired) electrons. The molecule has 0 aromatic heterocycles. The van der Waals surface area contributed by atoms with E-state index >= 15 is 0 Å². The van der Waals surface area contributed by atoms with Gasteiger partial charge in [0.15, 0.2) is 24.3 Å². The van der Waals surface area contributed by atoms with E-state index in [4.69, 9.17) is 23.7 Å². The quantitative estimate of drug-likeness (QED) is 0.560. The summed E-state index contributed by atoms with van der Waals surface area (Å²) in [5, 5.41) is 0. The van der Waals surface area contributed by atoms with E-state index in [1.54, 1.807) is 0 Å². The second-order valence-corrected chi connectivity index (χ2v) is 6.29. The molecule has 0 bridgehead atoms. The fourth-order valence-corrected chi connectivity index (χ4v) is 3.55. The fourth-order valence-electron chi connectivity index (χ4n) is 3.55. The Kier molecular flexibility index (Phi) is 4.68. The Labute approximate surface area is 141 Å². The fraction of sp³-hybridized carbons (Fsp3) is 0.765. The summed E-state index contributed by atoms with van der Waals surface area (Å²) in [7, 11) is 0. The van der Waals surface area contributed by atoms with Crippen LogP contribution in [0.4, 0.5) is 0 Å². The van der Waals surface area contributed by atoms with Crippen LogP contribution in [0.15, 0.2) is 12.2 Å². The summed E-state index contributed by atoms with van der Waals surface area (Å²) in [5.74, 6) is -1.85. The molecule has 3 heterocycles. The standard InChI is InChI=1S/C15H18O7.C2H6/c1-7(2)12(16)19-10-8-9(18-13(10)17)11-14(20-8)22-15(21-11)5-3-4-6-15;1-2/h8-11,14H,1,3-6H2,2H3;1-2H3. The Morgan fingerprint density at radius 3 is 2.46 bits per heavy atom. The van der Waals surface area contributed by atoms with Crippen LogP contribution in [0.2, 0.25) is 0 Å². The number of rotatable bonds is 2. The van der Waals surface area contributed by atoms with Crippen molar-refractivity contribution in [1.29, 1.82) is 0 Å². The molecular formula is C17H24O7. The molecule has 5 unspecified atom stereocenters. The number of carbonyl (C=O) groups excluding carboxylic acids is 2. The van der Waals surface area contributed by atoms with Gasteiger partial charge in [-0.2, -0.15) is 0 Å². The van der Waals surface area contributed by atoms with Gasteiger partial charge in [0, 0.05) is 18.4 Å². The molecule has 1 saturated carbocycles. The summed E-state index contributed by atoms with van der Waals surface area (Å²) in [5.41, 5.74) is 0.215. The molecule has 1 aliphatic carbocycles. The lowest BCUT2D eigenvalue weighted by Crippen LogP contribution is -2.38. The lowest BCUT2D eigenvalue weighted by molar-refractivity contribution is -0.230. The van der Waals surface area contributed by atoms with Crippen molar-refractivity contribution in [2.75, 3.05) is 0 Å². The van der Waals surface area contributed by atoms with E-state index in [1.807, 2.05) is 13.8 Å². The number of carbonyl (C=O) groups is 2. The van der Waals surface area contributed by atoms with E-state index in [0.29, 0.717) is 0 Å². The van der Waals surface area contributed by atoms with Gasteiger partial charge in [0.05, 0.1) is 0 Å². The van der Waals surface area contributed by atoms with Gasteiger partial charge in [0.1, 0.15) is 6.10 Å². The average Bonchev–Trinajstić information content (AvgIpc) is 3.29. The van der Waals surface area contributed by atoms with E-state index < -0.39 is 48.4 Å². The van der Waals surface area contributed by atoms with Crippen molar-refractivity contribution in [2.45, 2.75) is 82.9 Å². The number of hydrogen-bond donors (Lipinski definition) is 0. The molecule has 7 heteroatoms. The summed E-state index contributed by atoms with van der Waals surface area (Å²) in [4.78, 5) is 23.6. The van der Waals surface area contributed by atoms with Crippen LogP contribution in [-0.4, -0.2) is 48.4 Å². The van der Waals surface area contributed by atoms with Gasteiger partial charge in [-0.05, 0) is 19.8 Å². The van der Waals surface area contributed by atoms with Gasteiger partial charge in [0.25, 0.3) is 0 Å². The smallest absolute Gasteiger partial charge is 0.350 e. The molecule has 3 aliphatic heterocycles. The monoisotopic (exact) mass is 340 g/mol. The van der Waals surface area contributed by atoms with Crippen molar-refractivity contribution >= 4 is 11.9 Å². The number of ether oxygens (including phenoxy) is 5. The van der Waals surface area contributed by atoms with E-state index in [1.165, 1.54) is 6.92 Å². The number of hydrogen-bond acceptors (Lipinski definition) is 7. The molecule has 1 spiro atoms. The first-order chi connectivity index (χ1) is 11.5. The maximum absolute atomic E-state index is 11.9. The molecule has 0 amide bonds. The van der Waals surface area contributed by atoms with Gasteiger partial charge in [-0.15, -0.1) is 0 Å². The highest BCUT2D eigenvalue weighted by Gasteiger charge is 2.66. The van der Waals surface area contributed by atoms with Gasteiger partial charge in [-0.25, -0.2) is 9.59 Å². The minimum absolute atomic E-state index is 0.215. The second-order valence-electron chi connectivity index (χ2n) is 6.29. The summed E-state index contributed by atoms with van der Waals surface area (Å²) in [6.07, 6.45) is 0.327. The van der Waals surface area contributed by atoms with Crippen LogP contribution in [0.1, 0.15) is 46.5 Å². The Morgan fingerprint density at radius 1 is 1.17 bits per heavy atom. The van der Waals surface area contributed by atoms with E-state index in [-0.39, 0.29) is 5.57 Å². The van der Waals surface area contributed by atoms with Crippen LogP contribution in [0.5, 0.6) is 0 Å². The highest BCUT2D eigenvalue weighted by atomic mass is 16.9. The normalized spacial score (nSPS) is 38.1. The predicted octanol–water partition coefficient (Wildman–Crippen LogP) is 1.84. The topological polar surface area (TPSA) is 80.3 Å². The zero-order chi connectivity index (χ0) is 17.5. The summed E-state index contributed by atoms with van der Waals surface area (Å²) >= 11 is 0. The Balaban J connectivity index is 0.000000815. The third kappa shape index (κ3) is 2.74. The second kappa shape index (κ2) is 6.46. The van der Waals surface area contributed by atoms with Gasteiger partial charge < -0.3 is 23.7 Å². The highest BCUT2D eigenvalue weighted by Crippen LogP contribution is 2.48. The molecular weight excluding hydrogens is 316 g/mol. The SMILES string of the molecule is C=C(C)C(=O)OC1C(=O)OC2C3OC4(CCCC4)OC3OC12.CC. The van der Waals surface area contributed by atoms with E-state index in [9.17, 15) is 9.59 Å². The molecule has 24 heavy (non-hydrogen) atoms. The number of fused-ring (bicyclic) bond motifs is 3. The molecule has 0 aromatic carbocycles. The number of esters is 2. The lowest BCUT2D eigenvalue weighted by atomic mass is 10.1. The molecule has 4 rings (SSSR count). The van der Waals surface area contributed by atoms with Gasteiger partial charge >= 0.3 is 11.9 Å². The largest absolute Gasteiger partial charge is 0.454 e. The molecule has 134 valence electrons. The van der Waals surface area contributed by atoms with Crippen molar-refractivity contribution in [1.82, 2.24) is 0 Å². The van der Waals surface area contributed by atoms with E-state index in [0.717, 1.165) is 25.7 Å². The first-order valence-corrected chi connectivity index (χ1v) is 8.57. The first-order valence-electron chi connectivity index (χ1n) is 8.57. The summed E-state index contributed by atoms with van der Waals surface area (Å²) < 4.78 is 28.1. The predicted molar refractivity (Wildman–Crippen MR) is 81.7 cm³/mol. The minimum atomic E-state index is -1.09. The Bertz CT molecular complexity index is 537. The third-order valence-electron chi connectivity index (χ3n) is 4.62. The molecule has 0 aromatic rings. The van der Waals surface area contributed by atoms with Crippen molar-refractivity contribution in [2.24, 2.45) is 0 Å². The maximum atomic E-state index is 11.9. The summed E-state index contributed by atoms with van der Waals surface area (Å²) in [6, 6.07) is 0. The maximum Gasteiger partial charge on any atom is 0.350 e. The Hall–Kier alpha value is -1.44. The zero-order valence-corrected chi connectivity index (χ0v) is 14.3. The highest BCUT2D eigenvalue weighted by molar-refractivity contribution is 5.90. The van der Waals surface area contributed by atoms with Crippen LogP contribution < -0.4 is 0 Å². The summed E-state index contributed by atoms with van der Waals surface area (Å²) in [6.45, 7) is 9.01. The van der Waals surface area contributed by atoms with Crippen LogP contribution >= 0.6 is 0 Å². The average molecular weight is 340 g/mol. The van der Waals surface area contributed by atoms with Crippen molar-refractivity contribution in [3.63, 3.8) is 0 Å². The molecule has 3 saturated heterocycles. The van der Waals surface area contributed by atoms with Crippen molar-refractivity contribution < 1.29 is 33.3 Å².